The fraction of sp³-hybridized carbons (Fsp3) is 0. The molecule has 1 aromatic heterocycles. The van der Waals surface area contributed by atoms with Crippen LogP contribution in [-0.4, -0.2) is 21.7 Å². The van der Waals surface area contributed by atoms with Crippen LogP contribution in [0.15, 0.2) is 85.1 Å². The lowest BCUT2D eigenvalue weighted by Gasteiger charge is -2.05. The average Bonchev–Trinajstić information content (AvgIpc) is 3.12. The Balaban J connectivity index is 1.62. The van der Waals surface area contributed by atoms with Gasteiger partial charge in [-0.2, -0.15) is 9.78 Å². The molecule has 0 N–H and O–H groups in total. The van der Waals surface area contributed by atoms with Crippen molar-refractivity contribution in [2.24, 2.45) is 0 Å². The molecule has 5 nitrogen and oxygen atoms in total. The maximum Gasteiger partial charge on any atom is 0.343 e. The van der Waals surface area contributed by atoms with E-state index in [-0.39, 0.29) is 5.91 Å². The number of benzene rings is 3. The minimum atomic E-state index is -0.433. The lowest BCUT2D eigenvalue weighted by Crippen LogP contribution is -2.13. The summed E-state index contributed by atoms with van der Waals surface area (Å²) < 4.78 is 6.74. The highest BCUT2D eigenvalue weighted by Gasteiger charge is 2.14. The van der Waals surface area contributed by atoms with Crippen LogP contribution < -0.4 is 4.74 Å². The monoisotopic (exact) mass is 342 g/mol. The van der Waals surface area contributed by atoms with Gasteiger partial charge in [-0.3, -0.25) is 4.79 Å². The second kappa shape index (κ2) is 6.64. The molecule has 5 heteroatoms. The van der Waals surface area contributed by atoms with Gasteiger partial charge >= 0.3 is 5.97 Å². The lowest BCUT2D eigenvalue weighted by atomic mass is 10.2. The van der Waals surface area contributed by atoms with Gasteiger partial charge in [0.1, 0.15) is 5.75 Å². The number of hydrogen-bond acceptors (Lipinski definition) is 4. The number of carbonyl (C=O) groups is 2. The smallest absolute Gasteiger partial charge is 0.343 e. The lowest BCUT2D eigenvalue weighted by molar-refractivity contribution is 0.0734. The molecule has 0 atom stereocenters. The topological polar surface area (TPSA) is 61.2 Å². The van der Waals surface area contributed by atoms with E-state index in [2.05, 4.69) is 5.10 Å². The van der Waals surface area contributed by atoms with Crippen molar-refractivity contribution in [3.63, 3.8) is 0 Å². The Kier molecular flexibility index (Phi) is 4.03. The van der Waals surface area contributed by atoms with Gasteiger partial charge in [-0.05, 0) is 42.5 Å². The van der Waals surface area contributed by atoms with E-state index in [9.17, 15) is 9.59 Å². The summed E-state index contributed by atoms with van der Waals surface area (Å²) in [5.41, 5.74) is 1.68. The molecular weight excluding hydrogens is 328 g/mol. The Morgan fingerprint density at radius 2 is 1.46 bits per heavy atom. The second-order valence-corrected chi connectivity index (χ2v) is 5.70. The van der Waals surface area contributed by atoms with Crippen LogP contribution in [-0.2, 0) is 0 Å². The van der Waals surface area contributed by atoms with Crippen LogP contribution >= 0.6 is 0 Å². The highest BCUT2D eigenvalue weighted by molar-refractivity contribution is 6.01. The third kappa shape index (κ3) is 2.98. The summed E-state index contributed by atoms with van der Waals surface area (Å²) in [7, 11) is 0. The van der Waals surface area contributed by atoms with Crippen molar-refractivity contribution in [1.82, 2.24) is 9.78 Å². The third-order valence-corrected chi connectivity index (χ3v) is 3.97. The normalized spacial score (nSPS) is 10.6. The zero-order valence-corrected chi connectivity index (χ0v) is 13.7. The first-order valence-corrected chi connectivity index (χ1v) is 8.07. The summed E-state index contributed by atoms with van der Waals surface area (Å²) in [5.74, 6) is -0.245. The molecule has 3 aromatic carbocycles. The highest BCUT2D eigenvalue weighted by atomic mass is 16.5. The molecule has 0 amide bonds. The van der Waals surface area contributed by atoms with Crippen molar-refractivity contribution in [2.45, 2.75) is 0 Å². The van der Waals surface area contributed by atoms with Crippen molar-refractivity contribution >= 4 is 22.8 Å². The molecule has 0 aliphatic rings. The number of aromatic nitrogens is 2. The maximum atomic E-state index is 12.6. The maximum absolute atomic E-state index is 12.6. The molecule has 0 unspecified atom stereocenters. The van der Waals surface area contributed by atoms with E-state index < -0.39 is 5.97 Å². The number of esters is 1. The summed E-state index contributed by atoms with van der Waals surface area (Å²) in [6.07, 6.45) is 1.58. The first-order chi connectivity index (χ1) is 12.7. The predicted molar refractivity (Wildman–Crippen MR) is 97.3 cm³/mol. The fourth-order valence-corrected chi connectivity index (χ4v) is 2.68. The number of hydrogen-bond donors (Lipinski definition) is 0. The van der Waals surface area contributed by atoms with E-state index >= 15 is 0 Å². The Morgan fingerprint density at radius 3 is 2.15 bits per heavy atom. The van der Waals surface area contributed by atoms with E-state index in [1.54, 1.807) is 72.9 Å². The second-order valence-electron chi connectivity index (χ2n) is 5.70. The molecule has 0 bridgehead atoms. The Hall–Kier alpha value is -3.73. The van der Waals surface area contributed by atoms with Gasteiger partial charge in [-0.25, -0.2) is 4.79 Å². The van der Waals surface area contributed by atoms with E-state index in [0.717, 1.165) is 0 Å². The standard InChI is InChI=1S/C21H14N2O3/c24-20(15-7-3-1-4-8-15)23-19-12-11-18(13-17(19)14-22-23)26-21(25)16-9-5-2-6-10-16/h1-14H. The molecule has 4 aromatic rings. The first-order valence-electron chi connectivity index (χ1n) is 8.07. The van der Waals surface area contributed by atoms with Gasteiger partial charge in [0.05, 0.1) is 17.3 Å². The van der Waals surface area contributed by atoms with Gasteiger partial charge in [0.2, 0.25) is 0 Å². The SMILES string of the molecule is O=C(Oc1ccc2c(cnn2C(=O)c2ccccc2)c1)c1ccccc1. The molecule has 0 spiro atoms. The zero-order valence-electron chi connectivity index (χ0n) is 13.7. The minimum absolute atomic E-state index is 0.213. The van der Waals surface area contributed by atoms with Crippen molar-refractivity contribution in [2.75, 3.05) is 0 Å². The van der Waals surface area contributed by atoms with Gasteiger partial charge in [-0.1, -0.05) is 36.4 Å². The van der Waals surface area contributed by atoms with Gasteiger partial charge in [0.15, 0.2) is 0 Å². The summed E-state index contributed by atoms with van der Waals surface area (Å²) in [6.45, 7) is 0. The number of ether oxygens (including phenoxy) is 1. The molecule has 26 heavy (non-hydrogen) atoms. The van der Waals surface area contributed by atoms with E-state index in [1.165, 1.54) is 4.68 Å². The van der Waals surface area contributed by atoms with Crippen LogP contribution in [0, 0.1) is 0 Å². The summed E-state index contributed by atoms with van der Waals surface area (Å²) in [4.78, 5) is 24.7. The molecule has 1 heterocycles. The molecule has 0 saturated heterocycles. The number of fused-ring (bicyclic) bond motifs is 1. The summed E-state index contributed by atoms with van der Waals surface area (Å²) in [5, 5.41) is 4.89. The van der Waals surface area contributed by atoms with Crippen molar-refractivity contribution in [1.29, 1.82) is 0 Å². The van der Waals surface area contributed by atoms with Gasteiger partial charge in [-0.15, -0.1) is 0 Å². The summed E-state index contributed by atoms with van der Waals surface area (Å²) >= 11 is 0. The van der Waals surface area contributed by atoms with E-state index in [1.807, 2.05) is 12.1 Å². The Morgan fingerprint density at radius 1 is 0.808 bits per heavy atom. The molecule has 0 aliphatic heterocycles. The van der Waals surface area contributed by atoms with Crippen molar-refractivity contribution < 1.29 is 14.3 Å². The van der Waals surface area contributed by atoms with Gasteiger partial charge in [0, 0.05) is 10.9 Å². The number of carbonyl (C=O) groups excluding carboxylic acids is 2. The predicted octanol–water partition coefficient (Wildman–Crippen LogP) is 3.94. The Bertz CT molecular complexity index is 1090. The average molecular weight is 342 g/mol. The van der Waals surface area contributed by atoms with Crippen molar-refractivity contribution in [3.05, 3.63) is 96.2 Å². The number of nitrogens with zero attached hydrogens (tertiary/aromatic N) is 2. The van der Waals surface area contributed by atoms with Crippen LogP contribution in [0.4, 0.5) is 0 Å². The molecule has 126 valence electrons. The highest BCUT2D eigenvalue weighted by Crippen LogP contribution is 2.22. The van der Waals surface area contributed by atoms with Crippen molar-refractivity contribution in [3.8, 4) is 5.75 Å². The zero-order chi connectivity index (χ0) is 17.9. The Labute approximate surface area is 149 Å². The molecular formula is C21H14N2O3. The van der Waals surface area contributed by atoms with Crippen LogP contribution in [0.25, 0.3) is 10.9 Å². The van der Waals surface area contributed by atoms with Crippen LogP contribution in [0.1, 0.15) is 20.7 Å². The largest absolute Gasteiger partial charge is 0.423 e. The molecule has 0 fully saturated rings. The molecule has 4 rings (SSSR count). The minimum Gasteiger partial charge on any atom is -0.423 e. The molecule has 0 aliphatic carbocycles. The number of rotatable bonds is 3. The first kappa shape index (κ1) is 15.8. The molecule has 0 radical (unpaired) electrons. The quantitative estimate of drug-likeness (QED) is 0.418. The van der Waals surface area contributed by atoms with E-state index in [0.29, 0.717) is 27.8 Å². The van der Waals surface area contributed by atoms with Gasteiger partial charge in [0.25, 0.3) is 5.91 Å². The van der Waals surface area contributed by atoms with Crippen LogP contribution in [0.3, 0.4) is 0 Å². The van der Waals surface area contributed by atoms with E-state index in [4.69, 9.17) is 4.74 Å². The summed E-state index contributed by atoms with van der Waals surface area (Å²) in [6, 6.07) is 22.8. The molecule has 0 saturated carbocycles. The van der Waals surface area contributed by atoms with Crippen LogP contribution in [0.5, 0.6) is 5.75 Å². The van der Waals surface area contributed by atoms with Gasteiger partial charge < -0.3 is 4.74 Å². The third-order valence-electron chi connectivity index (χ3n) is 3.97. The van der Waals surface area contributed by atoms with Crippen LogP contribution in [0.2, 0.25) is 0 Å². The fourth-order valence-electron chi connectivity index (χ4n) is 2.68.